The van der Waals surface area contributed by atoms with Crippen molar-refractivity contribution in [1.29, 1.82) is 0 Å². The summed E-state index contributed by atoms with van der Waals surface area (Å²) in [6.07, 6.45) is 33.5. The maximum atomic E-state index is 5.61. The molecule has 0 aromatic carbocycles. The molecule has 0 fully saturated rings. The number of ether oxygens (including phenoxy) is 2. The molecule has 0 aliphatic rings. The van der Waals surface area contributed by atoms with Gasteiger partial charge in [-0.3, -0.25) is 0 Å². The number of unbranched alkanes of at least 4 members (excludes halogenated alkanes) is 22. The molecule has 0 saturated carbocycles. The zero-order chi connectivity index (χ0) is 22.5. The lowest BCUT2D eigenvalue weighted by Crippen LogP contribution is -2.03. The largest absolute Gasteiger partial charge is 0.355 e. The Balaban J connectivity index is 2.98. The van der Waals surface area contributed by atoms with E-state index in [1.54, 1.807) is 0 Å². The van der Waals surface area contributed by atoms with Gasteiger partial charge >= 0.3 is 0 Å². The monoisotopic (exact) mass is 440 g/mol. The Morgan fingerprint density at radius 3 is 0.774 bits per heavy atom. The van der Waals surface area contributed by atoms with Crippen LogP contribution in [0.2, 0.25) is 0 Å². The van der Waals surface area contributed by atoms with Gasteiger partial charge in [0.25, 0.3) is 0 Å². The Hall–Kier alpha value is -0.0800. The Morgan fingerprint density at radius 2 is 0.516 bits per heavy atom. The highest BCUT2D eigenvalue weighted by atomic mass is 16.7. The minimum Gasteiger partial charge on any atom is -0.355 e. The lowest BCUT2D eigenvalue weighted by atomic mass is 10.1. The molecule has 2 nitrogen and oxygen atoms in total. The quantitative estimate of drug-likeness (QED) is 0.0889. The third kappa shape index (κ3) is 29.9. The first-order valence-electron chi connectivity index (χ1n) is 14.6. The Labute approximate surface area is 197 Å². The molecule has 0 aromatic heterocycles. The fourth-order valence-electron chi connectivity index (χ4n) is 4.27. The van der Waals surface area contributed by atoms with Crippen LogP contribution in [0, 0.1) is 0 Å². The highest BCUT2D eigenvalue weighted by molar-refractivity contribution is 4.49. The smallest absolute Gasteiger partial charge is 0.146 e. The minimum absolute atomic E-state index is 0.496. The van der Waals surface area contributed by atoms with Crippen molar-refractivity contribution in [2.24, 2.45) is 0 Å². The lowest BCUT2D eigenvalue weighted by molar-refractivity contribution is -0.0556. The molecule has 0 rings (SSSR count). The zero-order valence-electron chi connectivity index (χ0n) is 21.9. The van der Waals surface area contributed by atoms with Crippen LogP contribution in [0.15, 0.2) is 0 Å². The average Bonchev–Trinajstić information content (AvgIpc) is 2.78. The highest BCUT2D eigenvalue weighted by Crippen LogP contribution is 2.13. The summed E-state index contributed by atoms with van der Waals surface area (Å²) in [5.74, 6) is 0. The SMILES string of the molecule is CCCCCCCCCCCCCCOCOCCCCCCCCCCCCCC. The van der Waals surface area contributed by atoms with Crippen molar-refractivity contribution in [3.05, 3.63) is 0 Å². The van der Waals surface area contributed by atoms with Crippen LogP contribution in [-0.4, -0.2) is 20.0 Å². The van der Waals surface area contributed by atoms with Gasteiger partial charge in [-0.2, -0.15) is 0 Å². The van der Waals surface area contributed by atoms with E-state index in [0.717, 1.165) is 13.2 Å². The van der Waals surface area contributed by atoms with Crippen LogP contribution < -0.4 is 0 Å². The summed E-state index contributed by atoms with van der Waals surface area (Å²) >= 11 is 0. The van der Waals surface area contributed by atoms with Crippen molar-refractivity contribution in [2.45, 2.75) is 168 Å². The first-order chi connectivity index (χ1) is 15.4. The first kappa shape index (κ1) is 30.9. The molecule has 0 aromatic rings. The highest BCUT2D eigenvalue weighted by Gasteiger charge is 1.96. The topological polar surface area (TPSA) is 18.5 Å². The molecule has 188 valence electrons. The molecule has 2 heteroatoms. The predicted octanol–water partition coefficient (Wildman–Crippen LogP) is 10.4. The van der Waals surface area contributed by atoms with E-state index in [0.29, 0.717) is 6.79 Å². The summed E-state index contributed by atoms with van der Waals surface area (Å²) in [6, 6.07) is 0. The Kier molecular flexibility index (Phi) is 29.8. The third-order valence-corrected chi connectivity index (χ3v) is 6.45. The van der Waals surface area contributed by atoms with E-state index in [1.165, 1.54) is 154 Å². The molecule has 0 aliphatic carbocycles. The van der Waals surface area contributed by atoms with Crippen LogP contribution in [0.1, 0.15) is 168 Å². The summed E-state index contributed by atoms with van der Waals surface area (Å²) in [7, 11) is 0. The molecular weight excluding hydrogens is 380 g/mol. The number of rotatable bonds is 28. The van der Waals surface area contributed by atoms with Gasteiger partial charge in [0.05, 0.1) is 0 Å². The van der Waals surface area contributed by atoms with Crippen molar-refractivity contribution >= 4 is 0 Å². The Morgan fingerprint density at radius 1 is 0.290 bits per heavy atom. The van der Waals surface area contributed by atoms with Crippen molar-refractivity contribution in [2.75, 3.05) is 20.0 Å². The van der Waals surface area contributed by atoms with Crippen molar-refractivity contribution < 1.29 is 9.47 Å². The summed E-state index contributed by atoms with van der Waals surface area (Å²) in [6.45, 7) is 6.82. The Bertz CT molecular complexity index is 264. The second-order valence-electron chi connectivity index (χ2n) is 9.71. The number of hydrogen-bond acceptors (Lipinski definition) is 2. The summed E-state index contributed by atoms with van der Waals surface area (Å²) < 4.78 is 11.2. The summed E-state index contributed by atoms with van der Waals surface area (Å²) in [5.41, 5.74) is 0. The second kappa shape index (κ2) is 29.9. The molecular formula is C29H60O2. The van der Waals surface area contributed by atoms with Crippen LogP contribution in [0.25, 0.3) is 0 Å². The number of hydrogen-bond donors (Lipinski definition) is 0. The van der Waals surface area contributed by atoms with Gasteiger partial charge in [0.1, 0.15) is 6.79 Å². The maximum Gasteiger partial charge on any atom is 0.146 e. The van der Waals surface area contributed by atoms with E-state index in [2.05, 4.69) is 13.8 Å². The fourth-order valence-corrected chi connectivity index (χ4v) is 4.27. The van der Waals surface area contributed by atoms with Gasteiger partial charge in [0.2, 0.25) is 0 Å². The lowest BCUT2D eigenvalue weighted by Gasteiger charge is -2.06. The second-order valence-corrected chi connectivity index (χ2v) is 9.71. The molecule has 0 amide bonds. The van der Waals surface area contributed by atoms with Crippen LogP contribution in [0.4, 0.5) is 0 Å². The van der Waals surface area contributed by atoms with Gasteiger partial charge in [0, 0.05) is 13.2 Å². The van der Waals surface area contributed by atoms with Gasteiger partial charge in [0.15, 0.2) is 0 Å². The van der Waals surface area contributed by atoms with E-state index in [1.807, 2.05) is 0 Å². The van der Waals surface area contributed by atoms with Crippen LogP contribution in [0.5, 0.6) is 0 Å². The standard InChI is InChI=1S/C29H60O2/c1-3-5-7-9-11-13-15-17-19-21-23-25-27-30-29-31-28-26-24-22-20-18-16-14-12-10-8-6-4-2/h3-29H2,1-2H3. The van der Waals surface area contributed by atoms with Gasteiger partial charge < -0.3 is 9.47 Å². The van der Waals surface area contributed by atoms with Crippen LogP contribution in [0.3, 0.4) is 0 Å². The van der Waals surface area contributed by atoms with E-state index < -0.39 is 0 Å². The molecule has 0 N–H and O–H groups in total. The zero-order valence-corrected chi connectivity index (χ0v) is 21.9. The molecule has 31 heavy (non-hydrogen) atoms. The molecule has 0 atom stereocenters. The van der Waals surface area contributed by atoms with Gasteiger partial charge in [-0.1, -0.05) is 155 Å². The van der Waals surface area contributed by atoms with Gasteiger partial charge in [-0.25, -0.2) is 0 Å². The van der Waals surface area contributed by atoms with E-state index in [-0.39, 0.29) is 0 Å². The summed E-state index contributed by atoms with van der Waals surface area (Å²) in [4.78, 5) is 0. The first-order valence-corrected chi connectivity index (χ1v) is 14.6. The van der Waals surface area contributed by atoms with Crippen LogP contribution >= 0.6 is 0 Å². The van der Waals surface area contributed by atoms with E-state index in [4.69, 9.17) is 9.47 Å². The molecule has 0 radical (unpaired) electrons. The van der Waals surface area contributed by atoms with E-state index >= 15 is 0 Å². The summed E-state index contributed by atoms with van der Waals surface area (Å²) in [5, 5.41) is 0. The van der Waals surface area contributed by atoms with Crippen molar-refractivity contribution in [3.63, 3.8) is 0 Å². The molecule has 0 spiro atoms. The maximum absolute atomic E-state index is 5.61. The predicted molar refractivity (Wildman–Crippen MR) is 139 cm³/mol. The average molecular weight is 441 g/mol. The van der Waals surface area contributed by atoms with Crippen LogP contribution in [-0.2, 0) is 9.47 Å². The fraction of sp³-hybridized carbons (Fsp3) is 1.00. The molecule has 0 unspecified atom stereocenters. The van der Waals surface area contributed by atoms with Gasteiger partial charge in [-0.15, -0.1) is 0 Å². The van der Waals surface area contributed by atoms with Crippen molar-refractivity contribution in [3.8, 4) is 0 Å². The van der Waals surface area contributed by atoms with E-state index in [9.17, 15) is 0 Å². The van der Waals surface area contributed by atoms with Gasteiger partial charge in [-0.05, 0) is 12.8 Å². The molecule has 0 saturated heterocycles. The third-order valence-electron chi connectivity index (χ3n) is 6.45. The van der Waals surface area contributed by atoms with Crippen molar-refractivity contribution in [1.82, 2.24) is 0 Å². The molecule has 0 heterocycles. The molecule has 0 bridgehead atoms. The normalized spacial score (nSPS) is 11.4. The minimum atomic E-state index is 0.496. The molecule has 0 aliphatic heterocycles.